The van der Waals surface area contributed by atoms with Crippen LogP contribution < -0.4 is 10.1 Å². The number of benzene rings is 1. The van der Waals surface area contributed by atoms with Gasteiger partial charge in [0.2, 0.25) is 0 Å². The minimum Gasteiger partial charge on any atom is -0.490 e. The molecule has 0 aliphatic carbocycles. The molecule has 5 nitrogen and oxygen atoms in total. The van der Waals surface area contributed by atoms with E-state index in [1.54, 1.807) is 0 Å². The minimum absolute atomic E-state index is 0.0533. The molecule has 2 atom stereocenters. The van der Waals surface area contributed by atoms with Crippen LogP contribution in [-0.2, 0) is 0 Å². The number of ether oxygens (including phenoxy) is 1. The molecule has 132 valence electrons. The van der Waals surface area contributed by atoms with Crippen molar-refractivity contribution in [2.24, 2.45) is 0 Å². The van der Waals surface area contributed by atoms with Crippen LogP contribution in [0.1, 0.15) is 55.7 Å². The third-order valence-corrected chi connectivity index (χ3v) is 4.36. The van der Waals surface area contributed by atoms with Crippen LogP contribution in [0, 0.1) is 13.8 Å². The molecule has 0 bridgehead atoms. The quantitative estimate of drug-likeness (QED) is 0.708. The lowest BCUT2D eigenvalue weighted by atomic mass is 10.1. The summed E-state index contributed by atoms with van der Waals surface area (Å²) in [6.07, 6.45) is 1.90. The molecule has 0 radical (unpaired) electrons. The maximum Gasteiger partial charge on any atom is 0.176 e. The maximum atomic E-state index is 6.08. The number of furan rings is 1. The predicted molar refractivity (Wildman–Crippen MR) is 98.9 cm³/mol. The van der Waals surface area contributed by atoms with Crippen molar-refractivity contribution in [3.05, 3.63) is 53.3 Å². The van der Waals surface area contributed by atoms with Gasteiger partial charge >= 0.3 is 0 Å². The number of hydrogen-bond donors (Lipinski definition) is 1. The van der Waals surface area contributed by atoms with E-state index in [9.17, 15) is 0 Å². The van der Waals surface area contributed by atoms with Crippen molar-refractivity contribution in [3.8, 4) is 5.75 Å². The van der Waals surface area contributed by atoms with Crippen LogP contribution in [0.2, 0.25) is 0 Å². The Bertz CT molecular complexity index is 873. The molecule has 2 heterocycles. The molecule has 0 aliphatic rings. The topological polar surface area (TPSA) is 60.2 Å². The van der Waals surface area contributed by atoms with Crippen LogP contribution in [0.15, 0.2) is 34.9 Å². The molecule has 1 N–H and O–H groups in total. The molecule has 3 rings (SSSR count). The average Bonchev–Trinajstić information content (AvgIpc) is 3.00. The lowest BCUT2D eigenvalue weighted by Crippen LogP contribution is -2.23. The second kappa shape index (κ2) is 7.23. The third kappa shape index (κ3) is 3.66. The van der Waals surface area contributed by atoms with E-state index in [1.807, 2.05) is 45.2 Å². The van der Waals surface area contributed by atoms with Gasteiger partial charge < -0.3 is 14.5 Å². The van der Waals surface area contributed by atoms with Crippen LogP contribution in [0.25, 0.3) is 11.0 Å². The van der Waals surface area contributed by atoms with Gasteiger partial charge in [0.15, 0.2) is 11.3 Å². The van der Waals surface area contributed by atoms with Crippen LogP contribution in [0.4, 0.5) is 0 Å². The molecule has 5 heteroatoms. The Labute approximate surface area is 148 Å². The Hall–Kier alpha value is -2.40. The highest BCUT2D eigenvalue weighted by atomic mass is 16.5. The molecule has 0 amide bonds. The van der Waals surface area contributed by atoms with E-state index in [0.717, 1.165) is 39.6 Å². The zero-order valence-electron chi connectivity index (χ0n) is 15.5. The van der Waals surface area contributed by atoms with Crippen LogP contribution in [0.5, 0.6) is 5.75 Å². The van der Waals surface area contributed by atoms with Gasteiger partial charge in [-0.3, -0.25) is 0 Å². The van der Waals surface area contributed by atoms with Gasteiger partial charge in [-0.05, 0) is 46.8 Å². The Balaban J connectivity index is 1.82. The molecule has 0 unspecified atom stereocenters. The van der Waals surface area contributed by atoms with Crippen LogP contribution in [0.3, 0.4) is 0 Å². The van der Waals surface area contributed by atoms with Crippen molar-refractivity contribution < 1.29 is 9.15 Å². The lowest BCUT2D eigenvalue weighted by molar-refractivity contribution is 0.335. The van der Waals surface area contributed by atoms with Crippen LogP contribution >= 0.6 is 0 Å². The summed E-state index contributed by atoms with van der Waals surface area (Å²) in [7, 11) is 0. The summed E-state index contributed by atoms with van der Waals surface area (Å²) in [6, 6.07) is 8.21. The molecular formula is C20H25N3O2. The fourth-order valence-corrected chi connectivity index (χ4v) is 3.10. The van der Waals surface area contributed by atoms with E-state index in [4.69, 9.17) is 9.15 Å². The largest absolute Gasteiger partial charge is 0.490 e. The van der Waals surface area contributed by atoms with E-state index in [2.05, 4.69) is 35.2 Å². The number of aromatic nitrogens is 2. The highest BCUT2D eigenvalue weighted by molar-refractivity contribution is 5.83. The van der Waals surface area contributed by atoms with Gasteiger partial charge in [0.05, 0.1) is 12.6 Å². The minimum atomic E-state index is 0.0533. The summed E-state index contributed by atoms with van der Waals surface area (Å²) < 4.78 is 11.7. The lowest BCUT2D eigenvalue weighted by Gasteiger charge is -2.20. The number of fused-ring (bicyclic) bond motifs is 1. The van der Waals surface area contributed by atoms with Gasteiger partial charge in [0.25, 0.3) is 0 Å². The zero-order valence-corrected chi connectivity index (χ0v) is 15.5. The van der Waals surface area contributed by atoms with E-state index in [-0.39, 0.29) is 12.1 Å². The average molecular weight is 339 g/mol. The SMILES string of the molecule is CCOc1cccc2cc([C@@H](C)N[C@@H](C)c3cnc(C)nc3C)oc12. The summed E-state index contributed by atoms with van der Waals surface area (Å²) in [5, 5.41) is 4.62. The summed E-state index contributed by atoms with van der Waals surface area (Å²) in [5.74, 6) is 2.47. The first-order chi connectivity index (χ1) is 12.0. The van der Waals surface area contributed by atoms with Crippen molar-refractivity contribution in [3.63, 3.8) is 0 Å². The third-order valence-electron chi connectivity index (χ3n) is 4.36. The van der Waals surface area contributed by atoms with Gasteiger partial charge in [0, 0.05) is 28.9 Å². The first kappa shape index (κ1) is 17.4. The molecule has 0 fully saturated rings. The molecule has 0 saturated carbocycles. The Kier molecular flexibility index (Phi) is 5.04. The first-order valence-corrected chi connectivity index (χ1v) is 8.71. The molecule has 1 aromatic carbocycles. The van der Waals surface area contributed by atoms with Gasteiger partial charge in [-0.25, -0.2) is 9.97 Å². The van der Waals surface area contributed by atoms with Crippen molar-refractivity contribution in [2.45, 2.75) is 46.7 Å². The number of nitrogens with zero attached hydrogens (tertiary/aromatic N) is 2. The second-order valence-electron chi connectivity index (χ2n) is 6.32. The van der Waals surface area contributed by atoms with Crippen molar-refractivity contribution in [1.29, 1.82) is 0 Å². The summed E-state index contributed by atoms with van der Waals surface area (Å²) in [6.45, 7) is 10.7. The van der Waals surface area contributed by atoms with E-state index < -0.39 is 0 Å². The van der Waals surface area contributed by atoms with Crippen molar-refractivity contribution in [2.75, 3.05) is 6.61 Å². The Morgan fingerprint density at radius 1 is 1.20 bits per heavy atom. The number of hydrogen-bond acceptors (Lipinski definition) is 5. The van der Waals surface area contributed by atoms with Crippen molar-refractivity contribution >= 4 is 11.0 Å². The normalized spacial score (nSPS) is 13.8. The second-order valence-corrected chi connectivity index (χ2v) is 6.32. The molecule has 25 heavy (non-hydrogen) atoms. The Morgan fingerprint density at radius 2 is 2.00 bits per heavy atom. The number of aryl methyl sites for hydroxylation is 2. The van der Waals surface area contributed by atoms with E-state index >= 15 is 0 Å². The molecule has 0 spiro atoms. The molecule has 3 aromatic rings. The van der Waals surface area contributed by atoms with Crippen molar-refractivity contribution in [1.82, 2.24) is 15.3 Å². The first-order valence-electron chi connectivity index (χ1n) is 8.71. The molecule has 0 aliphatic heterocycles. The van der Waals surface area contributed by atoms with Gasteiger partial charge in [-0.1, -0.05) is 12.1 Å². The highest BCUT2D eigenvalue weighted by Crippen LogP contribution is 2.32. The standard InChI is InChI=1S/C20H25N3O2/c1-6-24-18-9-7-8-16-10-19(25-20(16)18)14(4)22-12(2)17-11-21-15(5)23-13(17)3/h7-12,14,22H,6H2,1-5H3/t12-,14+/m0/s1. The number of rotatable bonds is 6. The van der Waals surface area contributed by atoms with E-state index in [1.165, 1.54) is 0 Å². The predicted octanol–water partition coefficient (Wildman–Crippen LogP) is 4.65. The smallest absolute Gasteiger partial charge is 0.176 e. The summed E-state index contributed by atoms with van der Waals surface area (Å²) in [4.78, 5) is 8.77. The number of nitrogens with one attached hydrogen (secondary N) is 1. The molecule has 2 aromatic heterocycles. The fraction of sp³-hybridized carbons (Fsp3) is 0.400. The monoisotopic (exact) mass is 339 g/mol. The number of para-hydroxylation sites is 1. The van der Waals surface area contributed by atoms with Crippen LogP contribution in [-0.4, -0.2) is 16.6 Å². The maximum absolute atomic E-state index is 6.08. The fourth-order valence-electron chi connectivity index (χ4n) is 3.10. The molecule has 0 saturated heterocycles. The van der Waals surface area contributed by atoms with Gasteiger partial charge in [-0.15, -0.1) is 0 Å². The summed E-state index contributed by atoms with van der Waals surface area (Å²) >= 11 is 0. The van der Waals surface area contributed by atoms with E-state index in [0.29, 0.717) is 6.61 Å². The molecular weight excluding hydrogens is 314 g/mol. The summed E-state index contributed by atoms with van der Waals surface area (Å²) in [5.41, 5.74) is 2.90. The highest BCUT2D eigenvalue weighted by Gasteiger charge is 2.18. The zero-order chi connectivity index (χ0) is 18.0. The van der Waals surface area contributed by atoms with Gasteiger partial charge in [-0.2, -0.15) is 0 Å². The Morgan fingerprint density at radius 3 is 2.72 bits per heavy atom. The van der Waals surface area contributed by atoms with Gasteiger partial charge in [0.1, 0.15) is 11.6 Å².